The molecule has 1 aromatic rings. The molecule has 0 radical (unpaired) electrons. The van der Waals surface area contributed by atoms with Gasteiger partial charge in [-0.2, -0.15) is 0 Å². The van der Waals surface area contributed by atoms with Crippen molar-refractivity contribution in [2.45, 2.75) is 46.1 Å². The lowest BCUT2D eigenvalue weighted by Crippen LogP contribution is -2.44. The monoisotopic (exact) mass is 261 g/mol. The number of Topliss-reactive ketones (excluding diaryl/α,β-unsaturated/α-hetero) is 1. The molecule has 1 rings (SSSR count). The molecule has 0 spiro atoms. The normalized spacial score (nSPS) is 13.6. The highest BCUT2D eigenvalue weighted by Crippen LogP contribution is 2.09. The third-order valence-corrected chi connectivity index (χ3v) is 3.45. The van der Waals surface area contributed by atoms with Gasteiger partial charge in [0.25, 0.3) is 0 Å². The fraction of sp³-hybridized carbons (Fsp3) is 0.500. The lowest BCUT2D eigenvalue weighted by atomic mass is 9.96. The second-order valence-corrected chi connectivity index (χ2v) is 5.03. The molecule has 0 unspecified atom stereocenters. The first-order valence-electron chi connectivity index (χ1n) is 6.88. The predicted octanol–water partition coefficient (Wildman–Crippen LogP) is 2.74. The Morgan fingerprint density at radius 1 is 1.21 bits per heavy atom. The van der Waals surface area contributed by atoms with Crippen molar-refractivity contribution in [3.8, 4) is 0 Å². The summed E-state index contributed by atoms with van der Waals surface area (Å²) in [6, 6.07) is 9.54. The zero-order chi connectivity index (χ0) is 14.3. The molecule has 3 heteroatoms. The molecule has 1 amide bonds. The van der Waals surface area contributed by atoms with Gasteiger partial charge in [-0.3, -0.25) is 9.59 Å². The van der Waals surface area contributed by atoms with Crippen LogP contribution >= 0.6 is 0 Å². The molecule has 0 heterocycles. The molecule has 3 nitrogen and oxygen atoms in total. The fourth-order valence-corrected chi connectivity index (χ4v) is 2.03. The van der Waals surface area contributed by atoms with Crippen molar-refractivity contribution >= 4 is 11.7 Å². The SMILES string of the molecule is CC[C@H](C)[C@H](NC(=O)CCc1ccccc1)C(C)=O. The van der Waals surface area contributed by atoms with Crippen LogP contribution in [0.25, 0.3) is 0 Å². The van der Waals surface area contributed by atoms with Crippen LogP contribution in [0, 0.1) is 5.92 Å². The van der Waals surface area contributed by atoms with Crippen molar-refractivity contribution in [3.05, 3.63) is 35.9 Å². The van der Waals surface area contributed by atoms with Gasteiger partial charge in [0, 0.05) is 6.42 Å². The van der Waals surface area contributed by atoms with E-state index in [1.54, 1.807) is 0 Å². The molecule has 104 valence electrons. The maximum atomic E-state index is 11.9. The van der Waals surface area contributed by atoms with E-state index in [9.17, 15) is 9.59 Å². The second kappa shape index (κ2) is 7.72. The number of rotatable bonds is 7. The Bertz CT molecular complexity index is 414. The highest BCUT2D eigenvalue weighted by atomic mass is 16.2. The molecule has 0 fully saturated rings. The van der Waals surface area contributed by atoms with Gasteiger partial charge in [0.15, 0.2) is 5.78 Å². The molecule has 0 bridgehead atoms. The molecule has 19 heavy (non-hydrogen) atoms. The quantitative estimate of drug-likeness (QED) is 0.820. The molecule has 0 saturated heterocycles. The van der Waals surface area contributed by atoms with Crippen molar-refractivity contribution in [3.63, 3.8) is 0 Å². The first kappa shape index (κ1) is 15.4. The van der Waals surface area contributed by atoms with E-state index in [-0.39, 0.29) is 23.7 Å². The van der Waals surface area contributed by atoms with Crippen molar-refractivity contribution in [2.75, 3.05) is 0 Å². The summed E-state index contributed by atoms with van der Waals surface area (Å²) in [7, 11) is 0. The molecule has 1 aromatic carbocycles. The molecule has 0 aliphatic rings. The average Bonchev–Trinajstić information content (AvgIpc) is 2.42. The minimum absolute atomic E-state index is 0.0300. The predicted molar refractivity (Wildman–Crippen MR) is 76.8 cm³/mol. The second-order valence-electron chi connectivity index (χ2n) is 5.03. The molecule has 0 aliphatic carbocycles. The highest BCUT2D eigenvalue weighted by molar-refractivity contribution is 5.87. The summed E-state index contributed by atoms with van der Waals surface area (Å²) in [6.07, 6.45) is 2.01. The molecular weight excluding hydrogens is 238 g/mol. The van der Waals surface area contributed by atoms with Crippen LogP contribution in [0.15, 0.2) is 30.3 Å². The van der Waals surface area contributed by atoms with Crippen LogP contribution in [0.5, 0.6) is 0 Å². The van der Waals surface area contributed by atoms with E-state index in [2.05, 4.69) is 5.32 Å². The number of benzene rings is 1. The first-order valence-corrected chi connectivity index (χ1v) is 6.88. The van der Waals surface area contributed by atoms with Crippen LogP contribution in [-0.4, -0.2) is 17.7 Å². The summed E-state index contributed by atoms with van der Waals surface area (Å²) >= 11 is 0. The van der Waals surface area contributed by atoms with Gasteiger partial charge in [-0.25, -0.2) is 0 Å². The summed E-state index contributed by atoms with van der Waals surface area (Å²) in [4.78, 5) is 23.4. The van der Waals surface area contributed by atoms with Crippen LogP contribution in [0.2, 0.25) is 0 Å². The Hall–Kier alpha value is -1.64. The zero-order valence-electron chi connectivity index (χ0n) is 12.0. The number of hydrogen-bond donors (Lipinski definition) is 1. The summed E-state index contributed by atoms with van der Waals surface area (Å²) in [5, 5.41) is 2.85. The van der Waals surface area contributed by atoms with Crippen molar-refractivity contribution in [1.82, 2.24) is 5.32 Å². The zero-order valence-corrected chi connectivity index (χ0v) is 12.0. The van der Waals surface area contributed by atoms with E-state index >= 15 is 0 Å². The van der Waals surface area contributed by atoms with Crippen molar-refractivity contribution < 1.29 is 9.59 Å². The Kier molecular flexibility index (Phi) is 6.26. The number of ketones is 1. The molecule has 0 saturated carbocycles. The number of aryl methyl sites for hydroxylation is 1. The van der Waals surface area contributed by atoms with E-state index in [0.29, 0.717) is 12.8 Å². The lowest BCUT2D eigenvalue weighted by Gasteiger charge is -2.21. The van der Waals surface area contributed by atoms with Gasteiger partial charge in [-0.1, -0.05) is 50.6 Å². The van der Waals surface area contributed by atoms with Gasteiger partial charge >= 0.3 is 0 Å². The third-order valence-electron chi connectivity index (χ3n) is 3.45. The minimum Gasteiger partial charge on any atom is -0.346 e. The number of nitrogens with one attached hydrogen (secondary N) is 1. The van der Waals surface area contributed by atoms with E-state index < -0.39 is 0 Å². The van der Waals surface area contributed by atoms with Crippen LogP contribution in [-0.2, 0) is 16.0 Å². The molecular formula is C16H23NO2. The maximum absolute atomic E-state index is 11.9. The number of carbonyl (C=O) groups excluding carboxylic acids is 2. The number of amides is 1. The smallest absolute Gasteiger partial charge is 0.220 e. The fourth-order valence-electron chi connectivity index (χ4n) is 2.03. The Morgan fingerprint density at radius 3 is 2.37 bits per heavy atom. The largest absolute Gasteiger partial charge is 0.346 e. The number of carbonyl (C=O) groups is 2. The summed E-state index contributed by atoms with van der Waals surface area (Å²) in [5.74, 6) is 0.157. The van der Waals surface area contributed by atoms with Crippen LogP contribution < -0.4 is 5.32 Å². The lowest BCUT2D eigenvalue weighted by molar-refractivity contribution is -0.127. The topological polar surface area (TPSA) is 46.2 Å². The molecule has 0 aliphatic heterocycles. The third kappa shape index (κ3) is 5.25. The molecule has 1 N–H and O–H groups in total. The Balaban J connectivity index is 2.47. The average molecular weight is 261 g/mol. The van der Waals surface area contributed by atoms with Gasteiger partial charge in [0.2, 0.25) is 5.91 Å². The van der Waals surface area contributed by atoms with Gasteiger partial charge in [0.1, 0.15) is 0 Å². The van der Waals surface area contributed by atoms with Gasteiger partial charge in [-0.15, -0.1) is 0 Å². The summed E-state index contributed by atoms with van der Waals surface area (Å²) < 4.78 is 0. The highest BCUT2D eigenvalue weighted by Gasteiger charge is 2.22. The standard InChI is InChI=1S/C16H23NO2/c1-4-12(2)16(13(3)18)17-15(19)11-10-14-8-6-5-7-9-14/h5-9,12,16H,4,10-11H2,1-3H3,(H,17,19)/t12-,16-/m0/s1. The number of hydrogen-bond acceptors (Lipinski definition) is 2. The van der Waals surface area contributed by atoms with Crippen LogP contribution in [0.3, 0.4) is 0 Å². The Morgan fingerprint density at radius 2 is 1.84 bits per heavy atom. The Labute approximate surface area is 115 Å². The minimum atomic E-state index is -0.353. The van der Waals surface area contributed by atoms with E-state index in [1.807, 2.05) is 44.2 Å². The van der Waals surface area contributed by atoms with Crippen molar-refractivity contribution in [2.24, 2.45) is 5.92 Å². The summed E-state index contributed by atoms with van der Waals surface area (Å²) in [6.45, 7) is 5.55. The van der Waals surface area contributed by atoms with Gasteiger partial charge < -0.3 is 5.32 Å². The first-order chi connectivity index (χ1) is 9.04. The van der Waals surface area contributed by atoms with E-state index in [4.69, 9.17) is 0 Å². The summed E-state index contributed by atoms with van der Waals surface area (Å²) in [5.41, 5.74) is 1.14. The van der Waals surface area contributed by atoms with E-state index in [0.717, 1.165) is 12.0 Å². The van der Waals surface area contributed by atoms with Crippen molar-refractivity contribution in [1.29, 1.82) is 0 Å². The van der Waals surface area contributed by atoms with Crippen LogP contribution in [0.4, 0.5) is 0 Å². The van der Waals surface area contributed by atoms with Gasteiger partial charge in [0.05, 0.1) is 6.04 Å². The maximum Gasteiger partial charge on any atom is 0.220 e. The van der Waals surface area contributed by atoms with Gasteiger partial charge in [-0.05, 0) is 24.8 Å². The molecule has 0 aromatic heterocycles. The van der Waals surface area contributed by atoms with E-state index in [1.165, 1.54) is 6.92 Å². The molecule has 2 atom stereocenters. The van der Waals surface area contributed by atoms with Crippen LogP contribution in [0.1, 0.15) is 39.2 Å².